The quantitative estimate of drug-likeness (QED) is 0.675. The van der Waals surface area contributed by atoms with Gasteiger partial charge in [-0.3, -0.25) is 9.59 Å². The average Bonchev–Trinajstić information content (AvgIpc) is 3.15. The zero-order valence-corrected chi connectivity index (χ0v) is 14.5. The second-order valence-corrected chi connectivity index (χ2v) is 7.00. The van der Waals surface area contributed by atoms with Crippen molar-refractivity contribution in [1.29, 1.82) is 0 Å². The number of methoxy groups -OCH3 is 1. The molecule has 1 atom stereocenters. The third kappa shape index (κ3) is 2.89. The molecule has 3 aromatic rings. The summed E-state index contributed by atoms with van der Waals surface area (Å²) in [5.74, 6) is 0.0265. The second kappa shape index (κ2) is 6.29. The lowest BCUT2D eigenvalue weighted by Gasteiger charge is -2.11. The Balaban J connectivity index is 1.62. The van der Waals surface area contributed by atoms with Crippen LogP contribution in [0.2, 0.25) is 0 Å². The van der Waals surface area contributed by atoms with Gasteiger partial charge in [0.25, 0.3) is 0 Å². The number of anilines is 1. The molecule has 1 unspecified atom stereocenters. The first-order valence-corrected chi connectivity index (χ1v) is 8.82. The van der Waals surface area contributed by atoms with E-state index < -0.39 is 0 Å². The summed E-state index contributed by atoms with van der Waals surface area (Å²) in [5.41, 5.74) is 1.79. The van der Waals surface area contributed by atoms with Crippen LogP contribution in [0.3, 0.4) is 0 Å². The summed E-state index contributed by atoms with van der Waals surface area (Å²) in [5, 5.41) is 0.439. The van der Waals surface area contributed by atoms with Crippen molar-refractivity contribution < 1.29 is 14.3 Å². The molecule has 6 heteroatoms. The van der Waals surface area contributed by atoms with Crippen LogP contribution in [0.25, 0.3) is 10.2 Å². The van der Waals surface area contributed by atoms with Gasteiger partial charge in [0.2, 0.25) is 11.8 Å². The minimum absolute atomic E-state index is 0.167. The number of amides is 2. The molecule has 1 fully saturated rings. The molecule has 1 aromatic heterocycles. The van der Waals surface area contributed by atoms with Gasteiger partial charge in [-0.15, -0.1) is 0 Å². The fourth-order valence-corrected chi connectivity index (χ4v) is 4.04. The summed E-state index contributed by atoms with van der Waals surface area (Å²) >= 11 is 1.35. The number of aromatic nitrogens is 1. The Labute approximate surface area is 148 Å². The summed E-state index contributed by atoms with van der Waals surface area (Å²) in [4.78, 5) is 30.9. The Morgan fingerprint density at radius 1 is 1.20 bits per heavy atom. The van der Waals surface area contributed by atoms with Crippen molar-refractivity contribution >= 4 is 38.5 Å². The molecule has 5 nitrogen and oxygen atoms in total. The van der Waals surface area contributed by atoms with Crippen LogP contribution in [0.5, 0.6) is 5.75 Å². The number of carbonyl (C=O) groups is 2. The Morgan fingerprint density at radius 3 is 2.76 bits per heavy atom. The molecule has 4 rings (SSSR count). The van der Waals surface area contributed by atoms with E-state index in [9.17, 15) is 9.59 Å². The molecule has 1 aliphatic heterocycles. The molecular weight excluding hydrogens is 336 g/mol. The molecule has 0 bridgehead atoms. The van der Waals surface area contributed by atoms with Crippen molar-refractivity contribution in [3.05, 3.63) is 54.1 Å². The molecule has 2 aromatic carbocycles. The molecule has 0 N–H and O–H groups in total. The zero-order valence-electron chi connectivity index (χ0n) is 13.6. The van der Waals surface area contributed by atoms with E-state index in [1.165, 1.54) is 16.2 Å². The van der Waals surface area contributed by atoms with Gasteiger partial charge in [-0.1, -0.05) is 41.7 Å². The minimum atomic E-state index is -0.323. The van der Waals surface area contributed by atoms with Gasteiger partial charge in [-0.05, 0) is 24.1 Å². The SMILES string of the molecule is COc1ccc2sc(N3C(=O)CC(Cc4ccccc4)C3=O)nc2c1. The first-order chi connectivity index (χ1) is 12.2. The summed E-state index contributed by atoms with van der Waals surface area (Å²) in [6, 6.07) is 15.3. The highest BCUT2D eigenvalue weighted by atomic mass is 32.1. The van der Waals surface area contributed by atoms with E-state index in [0.717, 1.165) is 15.8 Å². The first kappa shape index (κ1) is 15.8. The summed E-state index contributed by atoms with van der Waals surface area (Å²) in [6.45, 7) is 0. The third-order valence-electron chi connectivity index (χ3n) is 4.34. The highest BCUT2D eigenvalue weighted by Gasteiger charge is 2.40. The lowest BCUT2D eigenvalue weighted by molar-refractivity contribution is -0.122. The third-order valence-corrected chi connectivity index (χ3v) is 5.36. The van der Waals surface area contributed by atoms with Gasteiger partial charge >= 0.3 is 0 Å². The standard InChI is InChI=1S/C19H16N2O3S/c1-24-14-7-8-16-15(11-14)20-19(25-16)21-17(22)10-13(18(21)23)9-12-5-3-2-4-6-12/h2-8,11,13H,9-10H2,1H3. The van der Waals surface area contributed by atoms with Crippen LogP contribution in [-0.4, -0.2) is 23.9 Å². The van der Waals surface area contributed by atoms with Crippen LogP contribution in [0, 0.1) is 5.92 Å². The van der Waals surface area contributed by atoms with Crippen LogP contribution < -0.4 is 9.64 Å². The number of nitrogens with zero attached hydrogens (tertiary/aromatic N) is 2. The van der Waals surface area contributed by atoms with Gasteiger partial charge in [-0.2, -0.15) is 0 Å². The van der Waals surface area contributed by atoms with Crippen molar-refractivity contribution in [3.63, 3.8) is 0 Å². The van der Waals surface area contributed by atoms with Gasteiger partial charge in [0, 0.05) is 12.5 Å². The highest BCUT2D eigenvalue weighted by Crippen LogP contribution is 2.35. The largest absolute Gasteiger partial charge is 0.497 e. The number of fused-ring (bicyclic) bond motifs is 1. The summed E-state index contributed by atoms with van der Waals surface area (Å²) in [7, 11) is 1.59. The first-order valence-electron chi connectivity index (χ1n) is 8.01. The van der Waals surface area contributed by atoms with Crippen LogP contribution in [0.1, 0.15) is 12.0 Å². The lowest BCUT2D eigenvalue weighted by Crippen LogP contribution is -2.30. The van der Waals surface area contributed by atoms with E-state index in [4.69, 9.17) is 4.74 Å². The van der Waals surface area contributed by atoms with E-state index in [2.05, 4.69) is 4.98 Å². The smallest absolute Gasteiger partial charge is 0.239 e. The maximum Gasteiger partial charge on any atom is 0.239 e. The van der Waals surface area contributed by atoms with Gasteiger partial charge in [0.1, 0.15) is 5.75 Å². The van der Waals surface area contributed by atoms with E-state index in [0.29, 0.717) is 17.3 Å². The average molecular weight is 352 g/mol. The molecule has 1 aliphatic rings. The van der Waals surface area contributed by atoms with Gasteiger partial charge < -0.3 is 4.74 Å². The number of hydrogen-bond donors (Lipinski definition) is 0. The topological polar surface area (TPSA) is 59.5 Å². The predicted octanol–water partition coefficient (Wildman–Crippen LogP) is 3.43. The summed E-state index contributed by atoms with van der Waals surface area (Å²) < 4.78 is 6.12. The number of hydrogen-bond acceptors (Lipinski definition) is 5. The highest BCUT2D eigenvalue weighted by molar-refractivity contribution is 7.22. The van der Waals surface area contributed by atoms with Crippen LogP contribution in [0.15, 0.2) is 48.5 Å². The predicted molar refractivity (Wildman–Crippen MR) is 96.9 cm³/mol. The molecular formula is C19H16N2O3S. The normalized spacial score (nSPS) is 17.5. The number of ether oxygens (including phenoxy) is 1. The zero-order chi connectivity index (χ0) is 17.4. The molecule has 2 amide bonds. The van der Waals surface area contributed by atoms with Gasteiger partial charge in [0.15, 0.2) is 5.13 Å². The van der Waals surface area contributed by atoms with Crippen LogP contribution in [0.4, 0.5) is 5.13 Å². The van der Waals surface area contributed by atoms with E-state index >= 15 is 0 Å². The van der Waals surface area contributed by atoms with Crippen molar-refractivity contribution in [2.45, 2.75) is 12.8 Å². The molecule has 2 heterocycles. The molecule has 126 valence electrons. The second-order valence-electron chi connectivity index (χ2n) is 5.99. The molecule has 0 radical (unpaired) electrons. The van der Waals surface area contributed by atoms with Crippen LogP contribution in [-0.2, 0) is 16.0 Å². The Hall–Kier alpha value is -2.73. The van der Waals surface area contributed by atoms with Crippen molar-refractivity contribution in [3.8, 4) is 5.75 Å². The van der Waals surface area contributed by atoms with E-state index in [-0.39, 0.29) is 24.2 Å². The molecule has 1 saturated heterocycles. The monoisotopic (exact) mass is 352 g/mol. The number of carbonyl (C=O) groups excluding carboxylic acids is 2. The number of rotatable bonds is 4. The van der Waals surface area contributed by atoms with Crippen molar-refractivity contribution in [2.24, 2.45) is 5.92 Å². The summed E-state index contributed by atoms with van der Waals surface area (Å²) in [6.07, 6.45) is 0.799. The number of thiazole rings is 1. The number of imide groups is 1. The molecule has 0 saturated carbocycles. The lowest BCUT2D eigenvalue weighted by atomic mass is 9.98. The molecule has 25 heavy (non-hydrogen) atoms. The van der Waals surface area contributed by atoms with Gasteiger partial charge in [-0.25, -0.2) is 9.88 Å². The maximum atomic E-state index is 12.8. The Morgan fingerprint density at radius 2 is 2.00 bits per heavy atom. The van der Waals surface area contributed by atoms with Crippen molar-refractivity contribution in [2.75, 3.05) is 12.0 Å². The maximum absolute atomic E-state index is 12.8. The van der Waals surface area contributed by atoms with E-state index in [1.807, 2.05) is 48.5 Å². The Kier molecular flexibility index (Phi) is 3.97. The number of benzene rings is 2. The molecule has 0 spiro atoms. The van der Waals surface area contributed by atoms with Crippen molar-refractivity contribution in [1.82, 2.24) is 4.98 Å². The van der Waals surface area contributed by atoms with Crippen LogP contribution >= 0.6 is 11.3 Å². The van der Waals surface area contributed by atoms with Gasteiger partial charge in [0.05, 0.1) is 23.2 Å². The Bertz CT molecular complexity index is 952. The van der Waals surface area contributed by atoms with E-state index in [1.54, 1.807) is 7.11 Å². The molecule has 0 aliphatic carbocycles. The fraction of sp³-hybridized carbons (Fsp3) is 0.211. The minimum Gasteiger partial charge on any atom is -0.497 e. The fourth-order valence-electron chi connectivity index (χ4n) is 3.07.